The summed E-state index contributed by atoms with van der Waals surface area (Å²) in [4.78, 5) is 39.7. The number of amides is 2. The maximum atomic E-state index is 12.4. The Morgan fingerprint density at radius 3 is 2.26 bits per heavy atom. The van der Waals surface area contributed by atoms with Gasteiger partial charge >= 0.3 is 6.09 Å². The van der Waals surface area contributed by atoms with Crippen LogP contribution in [0.25, 0.3) is 0 Å². The third-order valence-electron chi connectivity index (χ3n) is 5.32. The number of Topliss-reactive ketones (excluding diaryl/α,β-unsaturated/α-hetero) is 1. The Morgan fingerprint density at radius 1 is 1.11 bits per heavy atom. The number of benzene rings is 1. The zero-order valence-electron chi connectivity index (χ0n) is 16.4. The van der Waals surface area contributed by atoms with Crippen LogP contribution in [0.4, 0.5) is 4.79 Å². The molecular weight excluding hydrogens is 344 g/mol. The molecule has 6 heteroatoms. The Bertz CT molecular complexity index is 715. The van der Waals surface area contributed by atoms with Gasteiger partial charge in [0.15, 0.2) is 5.78 Å². The van der Waals surface area contributed by atoms with Crippen molar-refractivity contribution in [1.29, 1.82) is 0 Å². The molecule has 1 aromatic rings. The standard InChI is InChI=1S/C21H28N2O4/c1-20(2,3)27-19(26)22-11-9-21(10-12-22,16-7-5-4-6-8-16)15-23-14-17(24)13-18(23)25/h4-8H,9-15H2,1-3H3. The third kappa shape index (κ3) is 4.49. The summed E-state index contributed by atoms with van der Waals surface area (Å²) < 4.78 is 5.49. The van der Waals surface area contributed by atoms with Crippen molar-refractivity contribution >= 4 is 17.8 Å². The summed E-state index contributed by atoms with van der Waals surface area (Å²) in [6.45, 7) is 7.43. The maximum Gasteiger partial charge on any atom is 0.410 e. The van der Waals surface area contributed by atoms with Gasteiger partial charge in [-0.05, 0) is 39.2 Å². The molecule has 2 amide bonds. The molecule has 6 nitrogen and oxygen atoms in total. The highest BCUT2D eigenvalue weighted by Crippen LogP contribution is 2.37. The largest absolute Gasteiger partial charge is 0.444 e. The minimum Gasteiger partial charge on any atom is -0.444 e. The van der Waals surface area contributed by atoms with Gasteiger partial charge in [0.05, 0.1) is 13.0 Å². The molecule has 2 aliphatic heterocycles. The Morgan fingerprint density at radius 2 is 1.74 bits per heavy atom. The maximum absolute atomic E-state index is 12.4. The van der Waals surface area contributed by atoms with Crippen LogP contribution in [0.1, 0.15) is 45.6 Å². The molecule has 2 aliphatic rings. The second kappa shape index (κ2) is 7.33. The van der Waals surface area contributed by atoms with Gasteiger partial charge in [-0.15, -0.1) is 0 Å². The first-order chi connectivity index (χ1) is 12.7. The monoisotopic (exact) mass is 372 g/mol. The molecule has 0 radical (unpaired) electrons. The van der Waals surface area contributed by atoms with E-state index >= 15 is 0 Å². The number of piperidine rings is 1. The van der Waals surface area contributed by atoms with Crippen molar-refractivity contribution in [1.82, 2.24) is 9.80 Å². The van der Waals surface area contributed by atoms with Crippen LogP contribution >= 0.6 is 0 Å². The van der Waals surface area contributed by atoms with Crippen molar-refractivity contribution in [2.24, 2.45) is 0 Å². The van der Waals surface area contributed by atoms with Gasteiger partial charge in [0, 0.05) is 25.0 Å². The van der Waals surface area contributed by atoms with E-state index in [0.29, 0.717) is 19.6 Å². The first-order valence-corrected chi connectivity index (χ1v) is 9.51. The lowest BCUT2D eigenvalue weighted by atomic mass is 9.72. The first kappa shape index (κ1) is 19.4. The van der Waals surface area contributed by atoms with Crippen LogP contribution in [0.15, 0.2) is 30.3 Å². The molecule has 0 unspecified atom stereocenters. The number of likely N-dealkylation sites (tertiary alicyclic amines) is 2. The SMILES string of the molecule is CC(C)(C)OC(=O)N1CCC(CN2CC(=O)CC2=O)(c2ccccc2)CC1. The Labute approximate surface area is 160 Å². The molecule has 2 fully saturated rings. The van der Waals surface area contributed by atoms with Crippen LogP contribution in [-0.2, 0) is 19.7 Å². The average Bonchev–Trinajstić information content (AvgIpc) is 2.92. The molecular formula is C21H28N2O4. The zero-order valence-corrected chi connectivity index (χ0v) is 16.4. The minimum atomic E-state index is -0.520. The van der Waals surface area contributed by atoms with Crippen LogP contribution in [0, 0.1) is 0 Å². The van der Waals surface area contributed by atoms with E-state index in [1.165, 1.54) is 0 Å². The molecule has 0 spiro atoms. The highest BCUT2D eigenvalue weighted by Gasteiger charge is 2.42. The second-order valence-corrected chi connectivity index (χ2v) is 8.58. The Kier molecular flexibility index (Phi) is 5.27. The number of hydrogen-bond donors (Lipinski definition) is 0. The van der Waals surface area contributed by atoms with Crippen LogP contribution < -0.4 is 0 Å². The zero-order chi connectivity index (χ0) is 19.7. The molecule has 2 heterocycles. The molecule has 0 aliphatic carbocycles. The summed E-state index contributed by atoms with van der Waals surface area (Å²) in [6, 6.07) is 10.1. The van der Waals surface area contributed by atoms with Crippen molar-refractivity contribution in [3.8, 4) is 0 Å². The van der Waals surface area contributed by atoms with Gasteiger partial charge in [0.2, 0.25) is 5.91 Å². The highest BCUT2D eigenvalue weighted by molar-refractivity contribution is 6.05. The molecule has 2 saturated heterocycles. The first-order valence-electron chi connectivity index (χ1n) is 9.51. The van der Waals surface area contributed by atoms with E-state index < -0.39 is 5.60 Å². The van der Waals surface area contributed by atoms with Crippen LogP contribution in [0.2, 0.25) is 0 Å². The fraction of sp³-hybridized carbons (Fsp3) is 0.571. The molecule has 27 heavy (non-hydrogen) atoms. The summed E-state index contributed by atoms with van der Waals surface area (Å²) in [5.41, 5.74) is 0.383. The van der Waals surface area contributed by atoms with E-state index in [4.69, 9.17) is 4.74 Å². The van der Waals surface area contributed by atoms with Crippen LogP contribution in [0.5, 0.6) is 0 Å². The Hall–Kier alpha value is -2.37. The predicted octanol–water partition coefficient (Wildman–Crippen LogP) is 2.76. The lowest BCUT2D eigenvalue weighted by Crippen LogP contribution is -2.51. The topological polar surface area (TPSA) is 66.9 Å². The molecule has 146 valence electrons. The molecule has 0 bridgehead atoms. The smallest absolute Gasteiger partial charge is 0.410 e. The predicted molar refractivity (Wildman–Crippen MR) is 101 cm³/mol. The normalized spacial score (nSPS) is 20.1. The quantitative estimate of drug-likeness (QED) is 0.765. The van der Waals surface area contributed by atoms with Gasteiger partial charge in [-0.1, -0.05) is 30.3 Å². The van der Waals surface area contributed by atoms with Gasteiger partial charge < -0.3 is 14.5 Å². The number of ketones is 1. The number of ether oxygens (including phenoxy) is 1. The summed E-state index contributed by atoms with van der Waals surface area (Å²) in [5, 5.41) is 0. The molecule has 0 N–H and O–H groups in total. The summed E-state index contributed by atoms with van der Waals surface area (Å²) in [7, 11) is 0. The van der Waals surface area contributed by atoms with Gasteiger partial charge in [0.1, 0.15) is 5.60 Å². The van der Waals surface area contributed by atoms with E-state index in [2.05, 4.69) is 12.1 Å². The lowest BCUT2D eigenvalue weighted by molar-refractivity contribution is -0.128. The summed E-state index contributed by atoms with van der Waals surface area (Å²) in [5.74, 6) is -0.112. The molecule has 0 atom stereocenters. The minimum absolute atomic E-state index is 0.00883. The summed E-state index contributed by atoms with van der Waals surface area (Å²) >= 11 is 0. The fourth-order valence-corrected chi connectivity index (χ4v) is 3.92. The van der Waals surface area contributed by atoms with Gasteiger partial charge in [-0.25, -0.2) is 4.79 Å². The number of rotatable bonds is 3. The highest BCUT2D eigenvalue weighted by atomic mass is 16.6. The van der Waals surface area contributed by atoms with Gasteiger partial charge in [-0.3, -0.25) is 9.59 Å². The second-order valence-electron chi connectivity index (χ2n) is 8.58. The van der Waals surface area contributed by atoms with E-state index in [1.807, 2.05) is 39.0 Å². The molecule has 0 aromatic heterocycles. The fourth-order valence-electron chi connectivity index (χ4n) is 3.92. The lowest BCUT2D eigenvalue weighted by Gasteiger charge is -2.44. The molecule has 3 rings (SSSR count). The van der Waals surface area contributed by atoms with E-state index in [-0.39, 0.29) is 36.2 Å². The summed E-state index contributed by atoms with van der Waals surface area (Å²) in [6.07, 6.45) is 1.17. The number of hydrogen-bond acceptors (Lipinski definition) is 4. The molecule has 1 aromatic carbocycles. The van der Waals surface area contributed by atoms with Crippen molar-refractivity contribution < 1.29 is 19.1 Å². The molecule has 0 saturated carbocycles. The number of nitrogens with zero attached hydrogens (tertiary/aromatic N) is 2. The average molecular weight is 372 g/mol. The van der Waals surface area contributed by atoms with Gasteiger partial charge in [0.25, 0.3) is 0 Å². The van der Waals surface area contributed by atoms with Crippen LogP contribution in [0.3, 0.4) is 0 Å². The number of carbonyl (C=O) groups excluding carboxylic acids is 3. The van der Waals surface area contributed by atoms with E-state index in [0.717, 1.165) is 18.4 Å². The van der Waals surface area contributed by atoms with Gasteiger partial charge in [-0.2, -0.15) is 0 Å². The van der Waals surface area contributed by atoms with Crippen LogP contribution in [-0.4, -0.2) is 59.4 Å². The third-order valence-corrected chi connectivity index (χ3v) is 5.32. The van der Waals surface area contributed by atoms with E-state index in [1.54, 1.807) is 9.80 Å². The number of carbonyl (C=O) groups is 3. The Balaban J connectivity index is 1.76. The van der Waals surface area contributed by atoms with Crippen molar-refractivity contribution in [3.05, 3.63) is 35.9 Å². The van der Waals surface area contributed by atoms with Crippen molar-refractivity contribution in [3.63, 3.8) is 0 Å². The van der Waals surface area contributed by atoms with Crippen molar-refractivity contribution in [2.45, 2.75) is 51.0 Å². The van der Waals surface area contributed by atoms with Crippen molar-refractivity contribution in [2.75, 3.05) is 26.2 Å². The van der Waals surface area contributed by atoms with E-state index in [9.17, 15) is 14.4 Å².